The zero-order valence-corrected chi connectivity index (χ0v) is 11.4. The summed E-state index contributed by atoms with van der Waals surface area (Å²) in [6.07, 6.45) is 0.558. The number of halogens is 1. The lowest BCUT2D eigenvalue weighted by Gasteiger charge is -2.11. The minimum Gasteiger partial charge on any atom is -0.354 e. The van der Waals surface area contributed by atoms with Crippen molar-refractivity contribution in [3.63, 3.8) is 0 Å². The van der Waals surface area contributed by atoms with Crippen molar-refractivity contribution in [1.82, 2.24) is 15.0 Å². The summed E-state index contributed by atoms with van der Waals surface area (Å²) in [6, 6.07) is -0.164. The Morgan fingerprint density at radius 1 is 1.33 bits per heavy atom. The van der Waals surface area contributed by atoms with E-state index in [-0.39, 0.29) is 22.8 Å². The first kappa shape index (κ1) is 13.3. The third-order valence-corrected chi connectivity index (χ3v) is 4.45. The molecule has 1 unspecified atom stereocenters. The molecule has 1 saturated heterocycles. The van der Waals surface area contributed by atoms with Gasteiger partial charge in [0.2, 0.25) is 17.2 Å². The highest BCUT2D eigenvalue weighted by atomic mass is 35.5. The Morgan fingerprint density at radius 2 is 2.06 bits per heavy atom. The summed E-state index contributed by atoms with van der Waals surface area (Å²) in [5, 5.41) is 5.97. The van der Waals surface area contributed by atoms with Crippen LogP contribution in [0.4, 0.5) is 11.9 Å². The molecule has 1 atom stereocenters. The van der Waals surface area contributed by atoms with Crippen molar-refractivity contribution in [2.24, 2.45) is 0 Å². The van der Waals surface area contributed by atoms with Crippen molar-refractivity contribution in [2.45, 2.75) is 19.4 Å². The second kappa shape index (κ2) is 5.23. The van der Waals surface area contributed by atoms with E-state index in [1.54, 1.807) is 0 Å². The highest BCUT2D eigenvalue weighted by Crippen LogP contribution is 2.16. The van der Waals surface area contributed by atoms with E-state index in [2.05, 4.69) is 25.6 Å². The summed E-state index contributed by atoms with van der Waals surface area (Å²) in [5.74, 6) is 0.977. The van der Waals surface area contributed by atoms with E-state index in [1.807, 2.05) is 6.92 Å². The zero-order valence-electron chi connectivity index (χ0n) is 9.85. The van der Waals surface area contributed by atoms with Crippen LogP contribution in [0.5, 0.6) is 0 Å². The van der Waals surface area contributed by atoms with Gasteiger partial charge in [-0.25, -0.2) is 8.42 Å². The van der Waals surface area contributed by atoms with Crippen LogP contribution in [0.2, 0.25) is 5.28 Å². The Balaban J connectivity index is 2.09. The molecule has 2 heterocycles. The molecule has 0 spiro atoms. The van der Waals surface area contributed by atoms with Crippen molar-refractivity contribution >= 4 is 33.3 Å². The van der Waals surface area contributed by atoms with Crippen LogP contribution in [0.15, 0.2) is 0 Å². The lowest BCUT2D eigenvalue weighted by molar-refractivity contribution is 0.602. The van der Waals surface area contributed by atoms with Crippen molar-refractivity contribution in [3.05, 3.63) is 5.28 Å². The van der Waals surface area contributed by atoms with E-state index in [9.17, 15) is 8.42 Å². The normalized spacial score (nSPS) is 21.8. The average molecular weight is 292 g/mol. The molecule has 7 nitrogen and oxygen atoms in total. The minimum atomic E-state index is -2.93. The number of nitrogens with one attached hydrogen (secondary N) is 2. The fourth-order valence-electron chi connectivity index (χ4n) is 1.74. The van der Waals surface area contributed by atoms with Gasteiger partial charge in [0.25, 0.3) is 0 Å². The first-order valence-corrected chi connectivity index (χ1v) is 7.81. The molecule has 2 N–H and O–H groups in total. The molecule has 100 valence electrons. The van der Waals surface area contributed by atoms with E-state index in [1.165, 1.54) is 0 Å². The molecule has 0 saturated carbocycles. The van der Waals surface area contributed by atoms with E-state index in [0.717, 1.165) is 0 Å². The van der Waals surface area contributed by atoms with Gasteiger partial charge in [0.15, 0.2) is 9.84 Å². The highest BCUT2D eigenvalue weighted by molar-refractivity contribution is 7.91. The third kappa shape index (κ3) is 3.42. The van der Waals surface area contributed by atoms with Crippen molar-refractivity contribution < 1.29 is 8.42 Å². The Morgan fingerprint density at radius 3 is 2.67 bits per heavy atom. The molecular weight excluding hydrogens is 278 g/mol. The summed E-state index contributed by atoms with van der Waals surface area (Å²) in [7, 11) is -2.93. The Labute approximate surface area is 110 Å². The fraction of sp³-hybridized carbons (Fsp3) is 0.667. The molecule has 0 radical (unpaired) electrons. The van der Waals surface area contributed by atoms with Gasteiger partial charge in [-0.3, -0.25) is 0 Å². The van der Waals surface area contributed by atoms with E-state index in [0.29, 0.717) is 24.9 Å². The van der Waals surface area contributed by atoms with Crippen LogP contribution in [0, 0.1) is 0 Å². The molecule has 0 amide bonds. The van der Waals surface area contributed by atoms with Gasteiger partial charge in [-0.2, -0.15) is 15.0 Å². The predicted octanol–water partition coefficient (Wildman–Crippen LogP) is 0.556. The lowest BCUT2D eigenvalue weighted by Crippen LogP contribution is -2.22. The van der Waals surface area contributed by atoms with Gasteiger partial charge in [0.05, 0.1) is 11.5 Å². The van der Waals surface area contributed by atoms with Crippen molar-refractivity contribution in [1.29, 1.82) is 0 Å². The van der Waals surface area contributed by atoms with Gasteiger partial charge < -0.3 is 10.6 Å². The monoisotopic (exact) mass is 291 g/mol. The first-order valence-electron chi connectivity index (χ1n) is 5.61. The number of aromatic nitrogens is 3. The van der Waals surface area contributed by atoms with Crippen LogP contribution in [-0.2, 0) is 9.84 Å². The Bertz CT molecular complexity index is 536. The fourth-order valence-corrected chi connectivity index (χ4v) is 3.58. The lowest BCUT2D eigenvalue weighted by atomic mass is 10.3. The molecule has 0 aromatic carbocycles. The molecule has 1 aliphatic heterocycles. The second-order valence-electron chi connectivity index (χ2n) is 4.03. The largest absolute Gasteiger partial charge is 0.354 e. The molecule has 1 aliphatic rings. The minimum absolute atomic E-state index is 0.0734. The molecule has 1 aromatic heterocycles. The van der Waals surface area contributed by atoms with Gasteiger partial charge in [0, 0.05) is 12.6 Å². The third-order valence-electron chi connectivity index (χ3n) is 2.51. The molecule has 0 aliphatic carbocycles. The zero-order chi connectivity index (χ0) is 13.2. The first-order chi connectivity index (χ1) is 8.48. The predicted molar refractivity (Wildman–Crippen MR) is 69.7 cm³/mol. The number of hydrogen-bond donors (Lipinski definition) is 2. The number of rotatable bonds is 4. The molecular formula is C9H14ClN5O2S. The Hall–Kier alpha value is -1.15. The maximum atomic E-state index is 11.3. The van der Waals surface area contributed by atoms with E-state index >= 15 is 0 Å². The number of nitrogens with zero attached hydrogens (tertiary/aromatic N) is 3. The highest BCUT2D eigenvalue weighted by Gasteiger charge is 2.28. The SMILES string of the molecule is CCNc1nc(Cl)nc(NC2CCS(=O)(=O)C2)n1. The van der Waals surface area contributed by atoms with Crippen LogP contribution in [-0.4, -0.2) is 47.5 Å². The van der Waals surface area contributed by atoms with Crippen LogP contribution in [0.25, 0.3) is 0 Å². The molecule has 18 heavy (non-hydrogen) atoms. The maximum absolute atomic E-state index is 11.3. The van der Waals surface area contributed by atoms with Gasteiger partial charge >= 0.3 is 0 Å². The number of anilines is 2. The molecule has 9 heteroatoms. The average Bonchev–Trinajstić information content (AvgIpc) is 2.57. The number of hydrogen-bond acceptors (Lipinski definition) is 7. The summed E-state index contributed by atoms with van der Waals surface area (Å²) in [6.45, 7) is 2.58. The van der Waals surface area contributed by atoms with Crippen LogP contribution < -0.4 is 10.6 Å². The van der Waals surface area contributed by atoms with Crippen LogP contribution in [0.1, 0.15) is 13.3 Å². The summed E-state index contributed by atoms with van der Waals surface area (Å²) < 4.78 is 22.7. The van der Waals surface area contributed by atoms with Crippen LogP contribution >= 0.6 is 11.6 Å². The quantitative estimate of drug-likeness (QED) is 0.836. The standard InChI is InChI=1S/C9H14ClN5O2S/c1-2-11-8-13-7(10)14-9(15-8)12-6-3-4-18(16,17)5-6/h6H,2-5H2,1H3,(H2,11,12,13,14,15). The second-order valence-corrected chi connectivity index (χ2v) is 6.59. The van der Waals surface area contributed by atoms with E-state index < -0.39 is 9.84 Å². The maximum Gasteiger partial charge on any atom is 0.229 e. The van der Waals surface area contributed by atoms with Gasteiger partial charge in [0.1, 0.15) is 0 Å². The van der Waals surface area contributed by atoms with Crippen LogP contribution in [0.3, 0.4) is 0 Å². The summed E-state index contributed by atoms with van der Waals surface area (Å²) in [4.78, 5) is 11.9. The molecule has 1 aromatic rings. The number of sulfone groups is 1. The smallest absolute Gasteiger partial charge is 0.229 e. The van der Waals surface area contributed by atoms with Crippen molar-refractivity contribution in [3.8, 4) is 0 Å². The Kier molecular flexibility index (Phi) is 3.86. The van der Waals surface area contributed by atoms with Gasteiger partial charge in [-0.05, 0) is 24.9 Å². The topological polar surface area (TPSA) is 96.9 Å². The molecule has 0 bridgehead atoms. The molecule has 2 rings (SSSR count). The van der Waals surface area contributed by atoms with Crippen molar-refractivity contribution in [2.75, 3.05) is 28.7 Å². The summed E-state index contributed by atoms with van der Waals surface area (Å²) >= 11 is 5.77. The molecule has 1 fully saturated rings. The van der Waals surface area contributed by atoms with E-state index in [4.69, 9.17) is 11.6 Å². The van der Waals surface area contributed by atoms with Gasteiger partial charge in [-0.15, -0.1) is 0 Å². The van der Waals surface area contributed by atoms with Gasteiger partial charge in [-0.1, -0.05) is 0 Å². The summed E-state index contributed by atoms with van der Waals surface area (Å²) in [5.41, 5.74) is 0.